The maximum absolute atomic E-state index is 12.7. The molecule has 0 aromatic carbocycles. The molecule has 0 saturated carbocycles. The molecule has 2 aliphatic heterocycles. The fourth-order valence-electron chi connectivity index (χ4n) is 3.50. The predicted molar refractivity (Wildman–Crippen MR) is 91.1 cm³/mol. The highest BCUT2D eigenvalue weighted by Gasteiger charge is 2.38. The zero-order valence-electron chi connectivity index (χ0n) is 14.5. The van der Waals surface area contributed by atoms with E-state index in [1.165, 1.54) is 0 Å². The molecule has 1 aromatic rings. The predicted octanol–water partition coefficient (Wildman–Crippen LogP) is 0.983. The van der Waals surface area contributed by atoms with E-state index in [0.717, 1.165) is 38.4 Å². The lowest BCUT2D eigenvalue weighted by atomic mass is 10.1. The van der Waals surface area contributed by atoms with Gasteiger partial charge in [-0.05, 0) is 26.0 Å². The Morgan fingerprint density at radius 3 is 2.58 bits per heavy atom. The molecule has 0 unspecified atom stereocenters. The second-order valence-electron chi connectivity index (χ2n) is 6.96. The van der Waals surface area contributed by atoms with Gasteiger partial charge in [-0.1, -0.05) is 6.07 Å². The molecule has 0 N–H and O–H groups in total. The van der Waals surface area contributed by atoms with E-state index >= 15 is 0 Å². The Labute approximate surface area is 143 Å². The third kappa shape index (κ3) is 3.75. The van der Waals surface area contributed by atoms with Crippen LogP contribution in [0.4, 0.5) is 0 Å². The van der Waals surface area contributed by atoms with Crippen molar-refractivity contribution in [3.8, 4) is 0 Å². The minimum absolute atomic E-state index is 0.108. The molecule has 3 heterocycles. The summed E-state index contributed by atoms with van der Waals surface area (Å²) in [6.45, 7) is 8.58. The quantitative estimate of drug-likeness (QED) is 0.826. The van der Waals surface area contributed by atoms with Gasteiger partial charge in [0.15, 0.2) is 0 Å². The minimum atomic E-state index is -0.165. The van der Waals surface area contributed by atoms with Crippen molar-refractivity contribution in [2.75, 3.05) is 32.7 Å². The van der Waals surface area contributed by atoms with Gasteiger partial charge in [0.1, 0.15) is 0 Å². The molecule has 2 amide bonds. The summed E-state index contributed by atoms with van der Waals surface area (Å²) < 4.78 is 0. The molecular weight excluding hydrogens is 304 g/mol. The van der Waals surface area contributed by atoms with Crippen LogP contribution in [0.15, 0.2) is 24.4 Å². The number of pyridine rings is 1. The standard InChI is InChI=1S/C18H26N4O2/c1-14(2)22-12-15(11-17(22)23)18(24)21-9-7-20(8-10-21)13-16-5-3-4-6-19-16/h3-6,14-15H,7-13H2,1-2H3/t15-/m1/s1. The van der Waals surface area contributed by atoms with E-state index in [9.17, 15) is 9.59 Å². The van der Waals surface area contributed by atoms with Crippen LogP contribution in [0.3, 0.4) is 0 Å². The maximum atomic E-state index is 12.7. The van der Waals surface area contributed by atoms with Gasteiger partial charge >= 0.3 is 0 Å². The average Bonchev–Trinajstić information content (AvgIpc) is 2.98. The molecule has 0 aliphatic carbocycles. The van der Waals surface area contributed by atoms with Crippen molar-refractivity contribution in [1.29, 1.82) is 0 Å². The zero-order valence-corrected chi connectivity index (χ0v) is 14.5. The van der Waals surface area contributed by atoms with E-state index in [1.54, 1.807) is 0 Å². The average molecular weight is 330 g/mol. The first kappa shape index (κ1) is 16.9. The van der Waals surface area contributed by atoms with E-state index in [2.05, 4.69) is 9.88 Å². The molecule has 2 saturated heterocycles. The largest absolute Gasteiger partial charge is 0.340 e. The Bertz CT molecular complexity index is 582. The Kier molecular flexibility index (Phi) is 5.14. The van der Waals surface area contributed by atoms with Crippen molar-refractivity contribution in [1.82, 2.24) is 19.7 Å². The monoisotopic (exact) mass is 330 g/mol. The summed E-state index contributed by atoms with van der Waals surface area (Å²) in [7, 11) is 0. The Hall–Kier alpha value is -1.95. The van der Waals surface area contributed by atoms with Gasteiger partial charge in [0.05, 0.1) is 11.6 Å². The number of carbonyl (C=O) groups is 2. The molecular formula is C18H26N4O2. The van der Waals surface area contributed by atoms with Gasteiger partial charge in [-0.3, -0.25) is 19.5 Å². The van der Waals surface area contributed by atoms with Gasteiger partial charge in [0.2, 0.25) is 11.8 Å². The summed E-state index contributed by atoms with van der Waals surface area (Å²) in [5.41, 5.74) is 1.06. The number of hydrogen-bond donors (Lipinski definition) is 0. The molecule has 6 nitrogen and oxygen atoms in total. The topological polar surface area (TPSA) is 56.8 Å². The summed E-state index contributed by atoms with van der Waals surface area (Å²) >= 11 is 0. The molecule has 3 rings (SSSR count). The van der Waals surface area contributed by atoms with Crippen LogP contribution in [0.1, 0.15) is 26.0 Å². The number of aromatic nitrogens is 1. The van der Waals surface area contributed by atoms with Gasteiger partial charge in [-0.25, -0.2) is 0 Å². The second-order valence-corrected chi connectivity index (χ2v) is 6.96. The number of amides is 2. The van der Waals surface area contributed by atoms with Crippen molar-refractivity contribution in [2.45, 2.75) is 32.9 Å². The highest BCUT2D eigenvalue weighted by molar-refractivity contribution is 5.89. The first-order chi connectivity index (χ1) is 11.5. The van der Waals surface area contributed by atoms with Crippen molar-refractivity contribution in [2.24, 2.45) is 5.92 Å². The Balaban J connectivity index is 1.50. The second kappa shape index (κ2) is 7.30. The number of rotatable bonds is 4. The summed E-state index contributed by atoms with van der Waals surface area (Å²) in [5, 5.41) is 0. The Morgan fingerprint density at radius 1 is 1.25 bits per heavy atom. The third-order valence-corrected chi connectivity index (χ3v) is 4.93. The van der Waals surface area contributed by atoms with Gasteiger partial charge in [-0.2, -0.15) is 0 Å². The molecule has 130 valence electrons. The number of carbonyl (C=O) groups excluding carboxylic acids is 2. The lowest BCUT2D eigenvalue weighted by Gasteiger charge is -2.35. The summed E-state index contributed by atoms with van der Waals surface area (Å²) in [4.78, 5) is 35.1. The van der Waals surface area contributed by atoms with Crippen molar-refractivity contribution in [3.05, 3.63) is 30.1 Å². The number of piperazine rings is 1. The molecule has 0 radical (unpaired) electrons. The molecule has 1 atom stereocenters. The van der Waals surface area contributed by atoms with Crippen LogP contribution in [0, 0.1) is 5.92 Å². The molecule has 1 aromatic heterocycles. The molecule has 0 bridgehead atoms. The van der Waals surface area contributed by atoms with Crippen LogP contribution < -0.4 is 0 Å². The third-order valence-electron chi connectivity index (χ3n) is 4.93. The highest BCUT2D eigenvalue weighted by Crippen LogP contribution is 2.22. The van der Waals surface area contributed by atoms with Gasteiger partial charge in [-0.15, -0.1) is 0 Å². The van der Waals surface area contributed by atoms with Crippen LogP contribution in [0.5, 0.6) is 0 Å². The number of hydrogen-bond acceptors (Lipinski definition) is 4. The van der Waals surface area contributed by atoms with E-state index in [0.29, 0.717) is 13.0 Å². The van der Waals surface area contributed by atoms with E-state index in [1.807, 2.05) is 48.0 Å². The van der Waals surface area contributed by atoms with Gasteiger partial charge < -0.3 is 9.80 Å². The summed E-state index contributed by atoms with van der Waals surface area (Å²) in [5.74, 6) is 0.0864. The lowest BCUT2D eigenvalue weighted by Crippen LogP contribution is -2.50. The molecule has 2 fully saturated rings. The van der Waals surface area contributed by atoms with Crippen LogP contribution >= 0.6 is 0 Å². The summed E-state index contributed by atoms with van der Waals surface area (Å²) in [6, 6.07) is 6.12. The van der Waals surface area contributed by atoms with Crippen molar-refractivity contribution in [3.63, 3.8) is 0 Å². The highest BCUT2D eigenvalue weighted by atomic mass is 16.2. The normalized spacial score (nSPS) is 22.5. The fourth-order valence-corrected chi connectivity index (χ4v) is 3.50. The van der Waals surface area contributed by atoms with Crippen molar-refractivity contribution >= 4 is 11.8 Å². The van der Waals surface area contributed by atoms with Crippen LogP contribution in [-0.4, -0.2) is 70.3 Å². The molecule has 0 spiro atoms. The first-order valence-electron chi connectivity index (χ1n) is 8.75. The zero-order chi connectivity index (χ0) is 17.1. The first-order valence-corrected chi connectivity index (χ1v) is 8.75. The molecule has 2 aliphatic rings. The number of likely N-dealkylation sites (tertiary alicyclic amines) is 1. The van der Waals surface area contributed by atoms with E-state index < -0.39 is 0 Å². The van der Waals surface area contributed by atoms with Crippen LogP contribution in [0.25, 0.3) is 0 Å². The van der Waals surface area contributed by atoms with E-state index in [-0.39, 0.29) is 23.8 Å². The van der Waals surface area contributed by atoms with Crippen LogP contribution in [-0.2, 0) is 16.1 Å². The van der Waals surface area contributed by atoms with Gasteiger partial charge in [0, 0.05) is 57.9 Å². The maximum Gasteiger partial charge on any atom is 0.228 e. The van der Waals surface area contributed by atoms with Crippen molar-refractivity contribution < 1.29 is 9.59 Å². The minimum Gasteiger partial charge on any atom is -0.340 e. The Morgan fingerprint density at radius 2 is 2.00 bits per heavy atom. The fraction of sp³-hybridized carbons (Fsp3) is 0.611. The van der Waals surface area contributed by atoms with E-state index in [4.69, 9.17) is 0 Å². The SMILES string of the molecule is CC(C)N1C[C@H](C(=O)N2CCN(Cc3ccccn3)CC2)CC1=O. The molecule has 6 heteroatoms. The number of nitrogens with zero attached hydrogens (tertiary/aromatic N) is 4. The smallest absolute Gasteiger partial charge is 0.228 e. The van der Waals surface area contributed by atoms with Gasteiger partial charge in [0.25, 0.3) is 0 Å². The molecule has 24 heavy (non-hydrogen) atoms. The summed E-state index contributed by atoms with van der Waals surface area (Å²) in [6.07, 6.45) is 2.18. The lowest BCUT2D eigenvalue weighted by molar-refractivity contribution is -0.137. The van der Waals surface area contributed by atoms with Crippen LogP contribution in [0.2, 0.25) is 0 Å².